The van der Waals surface area contributed by atoms with Gasteiger partial charge in [0.05, 0.1) is 5.75 Å². The molecule has 0 saturated carbocycles. The summed E-state index contributed by atoms with van der Waals surface area (Å²) in [5.74, 6) is 0.713. The average molecular weight is 473 g/mol. The highest BCUT2D eigenvalue weighted by molar-refractivity contribution is 8.00. The predicted octanol–water partition coefficient (Wildman–Crippen LogP) is 7.14. The van der Waals surface area contributed by atoms with Crippen molar-refractivity contribution in [2.24, 2.45) is 0 Å². The highest BCUT2D eigenvalue weighted by atomic mass is 32.2. The molecule has 1 saturated heterocycles. The summed E-state index contributed by atoms with van der Waals surface area (Å²) in [6, 6.07) is 23.7. The first-order valence-corrected chi connectivity index (χ1v) is 12.7. The largest absolute Gasteiger partial charge is 0.322 e. The zero-order valence-electron chi connectivity index (χ0n) is 20.5. The Hall–Kier alpha value is -3.05. The van der Waals surface area contributed by atoms with E-state index in [1.807, 2.05) is 71.6 Å². The zero-order valence-corrected chi connectivity index (χ0v) is 21.3. The molecule has 4 nitrogen and oxygen atoms in total. The summed E-state index contributed by atoms with van der Waals surface area (Å²) in [7, 11) is 0. The van der Waals surface area contributed by atoms with E-state index < -0.39 is 0 Å². The Morgan fingerprint density at radius 3 is 2.38 bits per heavy atom. The maximum absolute atomic E-state index is 12.9. The van der Waals surface area contributed by atoms with Crippen molar-refractivity contribution in [1.29, 1.82) is 0 Å². The van der Waals surface area contributed by atoms with Crippen molar-refractivity contribution >= 4 is 35.0 Å². The predicted molar refractivity (Wildman–Crippen MR) is 143 cm³/mol. The van der Waals surface area contributed by atoms with Gasteiger partial charge in [0.15, 0.2) is 0 Å². The lowest BCUT2D eigenvalue weighted by molar-refractivity contribution is -0.115. The Labute approximate surface area is 206 Å². The van der Waals surface area contributed by atoms with Crippen molar-refractivity contribution < 1.29 is 9.59 Å². The Morgan fingerprint density at radius 1 is 1.00 bits per heavy atom. The van der Waals surface area contributed by atoms with E-state index >= 15 is 0 Å². The molecule has 1 N–H and O–H groups in total. The number of nitrogens with zero attached hydrogens (tertiary/aromatic N) is 1. The fourth-order valence-electron chi connectivity index (χ4n) is 4.22. The molecule has 1 fully saturated rings. The number of anilines is 2. The van der Waals surface area contributed by atoms with Crippen LogP contribution in [0.3, 0.4) is 0 Å². The van der Waals surface area contributed by atoms with Crippen LogP contribution in [0, 0.1) is 0 Å². The standard InChI is InChI=1S/C29H32N2O2S/c1-19(2)24-11-6-7-12-25(24)31-26(32)18-34-28(31)21-9-8-10-23(17-21)30-27(33)20-13-15-22(16-14-20)29(3,4)5/h6-17,19,28H,18H2,1-5H3,(H,30,33). The van der Waals surface area contributed by atoms with Crippen LogP contribution in [0.15, 0.2) is 72.8 Å². The Kier molecular flexibility index (Phi) is 6.85. The Morgan fingerprint density at radius 2 is 1.71 bits per heavy atom. The molecule has 1 atom stereocenters. The van der Waals surface area contributed by atoms with Gasteiger partial charge in [-0.15, -0.1) is 11.8 Å². The number of rotatable bonds is 5. The minimum absolute atomic E-state index is 0.0415. The van der Waals surface area contributed by atoms with Crippen molar-refractivity contribution in [2.45, 2.75) is 51.3 Å². The summed E-state index contributed by atoms with van der Waals surface area (Å²) in [6.07, 6.45) is 0. The third-order valence-electron chi connectivity index (χ3n) is 6.13. The lowest BCUT2D eigenvalue weighted by atomic mass is 9.87. The van der Waals surface area contributed by atoms with Crippen LogP contribution >= 0.6 is 11.8 Å². The van der Waals surface area contributed by atoms with Gasteiger partial charge >= 0.3 is 0 Å². The van der Waals surface area contributed by atoms with Crippen molar-refractivity contribution in [3.8, 4) is 0 Å². The molecule has 0 spiro atoms. The molecule has 0 aliphatic carbocycles. The molecule has 4 rings (SSSR count). The molecule has 3 aromatic carbocycles. The molecule has 3 aromatic rings. The number of benzene rings is 3. The lowest BCUT2D eigenvalue weighted by Crippen LogP contribution is -2.29. The van der Waals surface area contributed by atoms with Crippen LogP contribution in [-0.2, 0) is 10.2 Å². The molecule has 0 aromatic heterocycles. The number of para-hydroxylation sites is 1. The first kappa shape index (κ1) is 24.1. The Bertz CT molecular complexity index is 1200. The van der Waals surface area contributed by atoms with E-state index in [1.54, 1.807) is 11.8 Å². The fraction of sp³-hybridized carbons (Fsp3) is 0.310. The minimum atomic E-state index is -0.144. The third kappa shape index (κ3) is 5.05. The van der Waals surface area contributed by atoms with Crippen molar-refractivity contribution in [3.63, 3.8) is 0 Å². The average Bonchev–Trinajstić information content (AvgIpc) is 3.20. The van der Waals surface area contributed by atoms with Gasteiger partial charge in [0.25, 0.3) is 5.91 Å². The molecule has 0 bridgehead atoms. The number of amides is 2. The highest BCUT2D eigenvalue weighted by Gasteiger charge is 2.35. The SMILES string of the molecule is CC(C)c1ccccc1N1C(=O)CSC1c1cccc(NC(=O)c2ccc(C(C)(C)C)cc2)c1. The van der Waals surface area contributed by atoms with Crippen LogP contribution in [0.1, 0.15) is 73.0 Å². The van der Waals surface area contributed by atoms with Gasteiger partial charge in [0, 0.05) is 16.9 Å². The number of hydrogen-bond acceptors (Lipinski definition) is 3. The fourth-order valence-corrected chi connectivity index (χ4v) is 5.38. The Balaban J connectivity index is 1.57. The summed E-state index contributed by atoms with van der Waals surface area (Å²) in [5.41, 5.74) is 5.69. The van der Waals surface area contributed by atoms with Crippen LogP contribution in [0.4, 0.5) is 11.4 Å². The molecule has 1 aliphatic heterocycles. The number of carbonyl (C=O) groups excluding carboxylic acids is 2. The second-order valence-corrected chi connectivity index (χ2v) is 11.1. The van der Waals surface area contributed by atoms with Gasteiger partial charge in [-0.25, -0.2) is 0 Å². The van der Waals surface area contributed by atoms with Crippen molar-refractivity contribution in [2.75, 3.05) is 16.0 Å². The molecule has 1 unspecified atom stereocenters. The van der Waals surface area contributed by atoms with E-state index in [-0.39, 0.29) is 22.6 Å². The van der Waals surface area contributed by atoms with Gasteiger partial charge in [-0.2, -0.15) is 0 Å². The van der Waals surface area contributed by atoms with Crippen LogP contribution in [0.5, 0.6) is 0 Å². The van der Waals surface area contributed by atoms with Gasteiger partial charge in [0.1, 0.15) is 5.37 Å². The van der Waals surface area contributed by atoms with Gasteiger partial charge in [-0.1, -0.05) is 77.1 Å². The molecule has 0 radical (unpaired) electrons. The minimum Gasteiger partial charge on any atom is -0.322 e. The number of carbonyl (C=O) groups is 2. The van der Waals surface area contributed by atoms with Crippen molar-refractivity contribution in [3.05, 3.63) is 95.1 Å². The van der Waals surface area contributed by atoms with E-state index in [0.29, 0.717) is 17.2 Å². The normalized spacial score (nSPS) is 16.2. The molecule has 1 aliphatic rings. The quantitative estimate of drug-likeness (QED) is 0.429. The summed E-state index contributed by atoms with van der Waals surface area (Å²) < 4.78 is 0. The first-order valence-electron chi connectivity index (χ1n) is 11.7. The number of nitrogens with one attached hydrogen (secondary N) is 1. The lowest BCUT2D eigenvalue weighted by Gasteiger charge is -2.28. The molecule has 2 amide bonds. The molecule has 1 heterocycles. The summed E-state index contributed by atoms with van der Waals surface area (Å²) in [6.45, 7) is 10.8. The molecular weight excluding hydrogens is 440 g/mol. The maximum atomic E-state index is 12.9. The van der Waals surface area contributed by atoms with Gasteiger partial charge < -0.3 is 5.32 Å². The smallest absolute Gasteiger partial charge is 0.255 e. The highest BCUT2D eigenvalue weighted by Crippen LogP contribution is 2.44. The second kappa shape index (κ2) is 9.67. The van der Waals surface area contributed by atoms with Gasteiger partial charge in [-0.3, -0.25) is 14.5 Å². The number of hydrogen-bond donors (Lipinski definition) is 1. The number of thioether (sulfide) groups is 1. The van der Waals surface area contributed by atoms with Crippen molar-refractivity contribution in [1.82, 2.24) is 0 Å². The van der Waals surface area contributed by atoms with Crippen LogP contribution in [0.25, 0.3) is 0 Å². The van der Waals surface area contributed by atoms with Gasteiger partial charge in [-0.05, 0) is 58.4 Å². The summed E-state index contributed by atoms with van der Waals surface area (Å²) in [4.78, 5) is 27.7. The second-order valence-electron chi connectivity index (χ2n) is 10.0. The maximum Gasteiger partial charge on any atom is 0.255 e. The van der Waals surface area contributed by atoms with E-state index in [2.05, 4.69) is 46.0 Å². The molecular formula is C29H32N2O2S. The van der Waals surface area contributed by atoms with E-state index in [0.717, 1.165) is 22.5 Å². The van der Waals surface area contributed by atoms with Gasteiger partial charge in [0.2, 0.25) is 5.91 Å². The molecule has 5 heteroatoms. The first-order chi connectivity index (χ1) is 16.1. The summed E-state index contributed by atoms with van der Waals surface area (Å²) in [5, 5.41) is 2.89. The molecule has 176 valence electrons. The molecule has 34 heavy (non-hydrogen) atoms. The topological polar surface area (TPSA) is 49.4 Å². The van der Waals surface area contributed by atoms with Crippen LogP contribution in [0.2, 0.25) is 0 Å². The zero-order chi connectivity index (χ0) is 24.5. The van der Waals surface area contributed by atoms with E-state index in [4.69, 9.17) is 0 Å². The van der Waals surface area contributed by atoms with Crippen LogP contribution < -0.4 is 10.2 Å². The van der Waals surface area contributed by atoms with E-state index in [9.17, 15) is 9.59 Å². The third-order valence-corrected chi connectivity index (χ3v) is 7.34. The van der Waals surface area contributed by atoms with Crippen LogP contribution in [-0.4, -0.2) is 17.6 Å². The monoisotopic (exact) mass is 472 g/mol. The summed E-state index contributed by atoms with van der Waals surface area (Å²) >= 11 is 1.62. The van der Waals surface area contributed by atoms with E-state index in [1.165, 1.54) is 5.56 Å².